The Morgan fingerprint density at radius 3 is 2.05 bits per heavy atom. The zero-order valence-corrected chi connectivity index (χ0v) is 14.5. The van der Waals surface area contributed by atoms with E-state index in [1.54, 1.807) is 11.1 Å². The maximum Gasteiger partial charge on any atom is -0.00589 e. The Morgan fingerprint density at radius 1 is 0.909 bits per heavy atom. The van der Waals surface area contributed by atoms with Gasteiger partial charge < -0.3 is 0 Å². The van der Waals surface area contributed by atoms with Crippen LogP contribution in [0.15, 0.2) is 82.0 Å². The number of hydrogen-bond acceptors (Lipinski definition) is 0. The number of hydrogen-bond donors (Lipinski definition) is 0. The average molecular weight is 292 g/mol. The molecule has 0 saturated carbocycles. The first-order valence-corrected chi connectivity index (χ1v) is 8.32. The molecule has 2 rings (SSSR count). The van der Waals surface area contributed by atoms with Crippen LogP contribution < -0.4 is 0 Å². The van der Waals surface area contributed by atoms with Crippen molar-refractivity contribution in [1.29, 1.82) is 0 Å². The van der Waals surface area contributed by atoms with E-state index in [-0.39, 0.29) is 0 Å². The van der Waals surface area contributed by atoms with Crippen LogP contribution >= 0.6 is 0 Å². The van der Waals surface area contributed by atoms with Crippen LogP contribution in [0.2, 0.25) is 0 Å². The zero-order valence-electron chi connectivity index (χ0n) is 14.5. The summed E-state index contributed by atoms with van der Waals surface area (Å²) in [6.07, 6.45) is 17.8. The highest BCUT2D eigenvalue weighted by atomic mass is 14.3. The van der Waals surface area contributed by atoms with Crippen LogP contribution in [0.5, 0.6) is 0 Å². The Labute approximate surface area is 136 Å². The monoisotopic (exact) mass is 292 g/mol. The topological polar surface area (TPSA) is 0 Å². The van der Waals surface area contributed by atoms with Crippen molar-refractivity contribution >= 4 is 0 Å². The Balaban J connectivity index is 2.28. The minimum atomic E-state index is 1.12. The molecule has 116 valence electrons. The van der Waals surface area contributed by atoms with Gasteiger partial charge in [0.1, 0.15) is 0 Å². The lowest BCUT2D eigenvalue weighted by Gasteiger charge is -2.31. The van der Waals surface area contributed by atoms with Gasteiger partial charge in [-0.05, 0) is 81.7 Å². The molecule has 0 aromatic rings. The third-order valence-electron chi connectivity index (χ3n) is 4.67. The number of allylic oxidation sites excluding steroid dienone is 13. The summed E-state index contributed by atoms with van der Waals surface area (Å²) in [5, 5.41) is 0. The third kappa shape index (κ3) is 3.50. The zero-order chi connectivity index (χ0) is 16.1. The predicted octanol–water partition coefficient (Wildman–Crippen LogP) is 6.77. The summed E-state index contributed by atoms with van der Waals surface area (Å²) in [6.45, 7) is 12.9. The van der Waals surface area contributed by atoms with Gasteiger partial charge in [-0.1, -0.05) is 53.7 Å². The quantitative estimate of drug-likeness (QED) is 0.387. The van der Waals surface area contributed by atoms with E-state index in [2.05, 4.69) is 70.7 Å². The van der Waals surface area contributed by atoms with Gasteiger partial charge in [0.25, 0.3) is 0 Å². The minimum absolute atomic E-state index is 1.12. The van der Waals surface area contributed by atoms with Crippen LogP contribution in [0.1, 0.15) is 53.4 Å². The summed E-state index contributed by atoms with van der Waals surface area (Å²) >= 11 is 0. The van der Waals surface area contributed by atoms with Crippen molar-refractivity contribution in [3.05, 3.63) is 82.0 Å². The Hall–Kier alpha value is -1.82. The summed E-state index contributed by atoms with van der Waals surface area (Å²) < 4.78 is 0. The molecule has 0 spiro atoms. The van der Waals surface area contributed by atoms with Gasteiger partial charge in [0.15, 0.2) is 0 Å². The summed E-state index contributed by atoms with van der Waals surface area (Å²) in [7, 11) is 0. The first-order valence-electron chi connectivity index (χ1n) is 8.32. The van der Waals surface area contributed by atoms with E-state index in [1.807, 2.05) is 0 Å². The Kier molecular flexibility index (Phi) is 5.60. The van der Waals surface area contributed by atoms with Crippen molar-refractivity contribution < 1.29 is 0 Å². The standard InChI is InChI=1S/C22H28/c1-6-9-18(8-3)19(10-7-2)13-16(4)22-15-21-12-11-20(21)14-17(22)5/h6-10,13H,4,11-12,14-15H2,1-3,5H3/b9-6-,10-7-,18-8+,19-13+. The van der Waals surface area contributed by atoms with Crippen molar-refractivity contribution in [2.45, 2.75) is 53.4 Å². The molecule has 22 heavy (non-hydrogen) atoms. The fraction of sp³-hybridized carbons (Fsp3) is 0.364. The molecule has 0 aromatic heterocycles. The van der Waals surface area contributed by atoms with E-state index in [1.165, 1.54) is 47.1 Å². The molecular weight excluding hydrogens is 264 g/mol. The van der Waals surface area contributed by atoms with E-state index in [0.29, 0.717) is 0 Å². The fourth-order valence-corrected chi connectivity index (χ4v) is 3.30. The maximum atomic E-state index is 4.37. The molecule has 0 bridgehead atoms. The van der Waals surface area contributed by atoms with Crippen molar-refractivity contribution in [3.8, 4) is 0 Å². The molecule has 0 atom stereocenters. The van der Waals surface area contributed by atoms with Crippen LogP contribution in [0.4, 0.5) is 0 Å². The van der Waals surface area contributed by atoms with Crippen LogP contribution in [-0.4, -0.2) is 0 Å². The SMILES string of the molecule is C=C(/C=C(\C=C/C)C(/C=C\C)=C/C)C1=C(C)CC2=C(CC2)C1. The second-order valence-electron chi connectivity index (χ2n) is 6.19. The Bertz CT molecular complexity index is 640. The lowest BCUT2D eigenvalue weighted by Crippen LogP contribution is -2.12. The van der Waals surface area contributed by atoms with Gasteiger partial charge in [-0.3, -0.25) is 0 Å². The van der Waals surface area contributed by atoms with E-state index < -0.39 is 0 Å². The highest BCUT2D eigenvalue weighted by Gasteiger charge is 2.24. The maximum absolute atomic E-state index is 4.37. The lowest BCUT2D eigenvalue weighted by atomic mass is 9.74. The van der Waals surface area contributed by atoms with Crippen LogP contribution in [0.25, 0.3) is 0 Å². The molecule has 0 N–H and O–H groups in total. The molecule has 0 aliphatic heterocycles. The van der Waals surface area contributed by atoms with Gasteiger partial charge in [0, 0.05) is 0 Å². The summed E-state index contributed by atoms with van der Waals surface area (Å²) in [6, 6.07) is 0. The van der Waals surface area contributed by atoms with E-state index in [9.17, 15) is 0 Å². The van der Waals surface area contributed by atoms with E-state index in [4.69, 9.17) is 0 Å². The van der Waals surface area contributed by atoms with Crippen molar-refractivity contribution in [2.24, 2.45) is 0 Å². The summed E-state index contributed by atoms with van der Waals surface area (Å²) in [5.74, 6) is 0. The molecule has 0 amide bonds. The Morgan fingerprint density at radius 2 is 1.50 bits per heavy atom. The van der Waals surface area contributed by atoms with Crippen LogP contribution in [-0.2, 0) is 0 Å². The third-order valence-corrected chi connectivity index (χ3v) is 4.67. The minimum Gasteiger partial charge on any atom is -0.0915 e. The molecular formula is C22H28. The van der Waals surface area contributed by atoms with Gasteiger partial charge in [0.2, 0.25) is 0 Å². The molecule has 0 saturated heterocycles. The summed E-state index contributed by atoms with van der Waals surface area (Å²) in [5.41, 5.74) is 9.98. The second-order valence-corrected chi connectivity index (χ2v) is 6.19. The molecule has 0 radical (unpaired) electrons. The lowest BCUT2D eigenvalue weighted by molar-refractivity contribution is 0.705. The van der Waals surface area contributed by atoms with Crippen molar-refractivity contribution in [1.82, 2.24) is 0 Å². The molecule has 0 heteroatoms. The van der Waals surface area contributed by atoms with Crippen molar-refractivity contribution in [2.75, 3.05) is 0 Å². The van der Waals surface area contributed by atoms with Gasteiger partial charge in [-0.25, -0.2) is 0 Å². The van der Waals surface area contributed by atoms with E-state index >= 15 is 0 Å². The largest absolute Gasteiger partial charge is 0.0915 e. The predicted molar refractivity (Wildman–Crippen MR) is 98.8 cm³/mol. The van der Waals surface area contributed by atoms with Crippen molar-refractivity contribution in [3.63, 3.8) is 0 Å². The van der Waals surface area contributed by atoms with E-state index in [0.717, 1.165) is 6.42 Å². The van der Waals surface area contributed by atoms with Gasteiger partial charge in [0.05, 0.1) is 0 Å². The van der Waals surface area contributed by atoms with Gasteiger partial charge in [-0.15, -0.1) is 0 Å². The molecule has 0 heterocycles. The number of rotatable bonds is 5. The molecule has 0 nitrogen and oxygen atoms in total. The molecule has 2 aliphatic rings. The first kappa shape index (κ1) is 16.5. The highest BCUT2D eigenvalue weighted by molar-refractivity contribution is 5.56. The molecule has 0 aromatic carbocycles. The average Bonchev–Trinajstić information content (AvgIpc) is 2.48. The molecule has 0 fully saturated rings. The molecule has 0 unspecified atom stereocenters. The summed E-state index contributed by atoms with van der Waals surface area (Å²) in [4.78, 5) is 0. The highest BCUT2D eigenvalue weighted by Crippen LogP contribution is 2.43. The van der Waals surface area contributed by atoms with Crippen LogP contribution in [0, 0.1) is 0 Å². The second kappa shape index (κ2) is 7.45. The fourth-order valence-electron chi connectivity index (χ4n) is 3.30. The van der Waals surface area contributed by atoms with Gasteiger partial charge >= 0.3 is 0 Å². The smallest absolute Gasteiger partial charge is 0.00589 e. The van der Waals surface area contributed by atoms with Crippen LogP contribution in [0.3, 0.4) is 0 Å². The van der Waals surface area contributed by atoms with Gasteiger partial charge in [-0.2, -0.15) is 0 Å². The normalized spacial score (nSPS) is 20.0. The molecule has 2 aliphatic carbocycles. The first-order chi connectivity index (χ1) is 10.6.